The molecule has 0 unspecified atom stereocenters. The molecule has 2 amide bonds. The van der Waals surface area contributed by atoms with Gasteiger partial charge in [0.05, 0.1) is 17.1 Å². The molecule has 9 heteroatoms. The highest BCUT2D eigenvalue weighted by Crippen LogP contribution is 2.15. The van der Waals surface area contributed by atoms with Gasteiger partial charge in [-0.15, -0.1) is 0 Å². The number of hydrogen-bond donors (Lipinski definition) is 3. The summed E-state index contributed by atoms with van der Waals surface area (Å²) < 4.78 is 27.0. The summed E-state index contributed by atoms with van der Waals surface area (Å²) >= 11 is 0. The van der Waals surface area contributed by atoms with Crippen molar-refractivity contribution in [2.24, 2.45) is 0 Å². The molecule has 0 aliphatic carbocycles. The van der Waals surface area contributed by atoms with Crippen LogP contribution in [-0.4, -0.2) is 38.3 Å². The van der Waals surface area contributed by atoms with Crippen LogP contribution in [-0.2, 0) is 14.8 Å². The number of carbonyl (C=O) groups is 2. The predicted octanol–water partition coefficient (Wildman–Crippen LogP) is 0.748. The smallest absolute Gasteiger partial charge is 0.261 e. The number of rotatable bonds is 7. The van der Waals surface area contributed by atoms with Gasteiger partial charge in [0.15, 0.2) is 0 Å². The Hall–Kier alpha value is -2.94. The van der Waals surface area contributed by atoms with Gasteiger partial charge >= 0.3 is 0 Å². The Morgan fingerprint density at radius 1 is 1.00 bits per heavy atom. The molecule has 132 valence electrons. The number of amides is 2. The van der Waals surface area contributed by atoms with E-state index in [9.17, 15) is 18.0 Å². The third-order valence-corrected chi connectivity index (χ3v) is 4.54. The average Bonchev–Trinajstić information content (AvgIpc) is 2.60. The predicted molar refractivity (Wildman–Crippen MR) is 92.5 cm³/mol. The molecule has 0 spiro atoms. The van der Waals surface area contributed by atoms with E-state index in [4.69, 9.17) is 0 Å². The summed E-state index contributed by atoms with van der Waals surface area (Å²) in [5.41, 5.74) is 0.644. The van der Waals surface area contributed by atoms with E-state index in [0.29, 0.717) is 12.2 Å². The highest BCUT2D eigenvalue weighted by molar-refractivity contribution is 7.92. The quantitative estimate of drug-likeness (QED) is 0.672. The number of likely N-dealkylation sites (N-methyl/N-ethyl adjacent to an activating group) is 1. The van der Waals surface area contributed by atoms with E-state index in [-0.39, 0.29) is 22.9 Å². The molecule has 0 aliphatic rings. The molecule has 0 saturated heterocycles. The first-order valence-electron chi connectivity index (χ1n) is 7.50. The first-order chi connectivity index (χ1) is 11.9. The van der Waals surface area contributed by atoms with E-state index in [2.05, 4.69) is 20.3 Å². The van der Waals surface area contributed by atoms with Crippen LogP contribution < -0.4 is 15.4 Å². The molecule has 0 bridgehead atoms. The number of anilines is 1. The molecule has 25 heavy (non-hydrogen) atoms. The van der Waals surface area contributed by atoms with Crippen LogP contribution in [0.15, 0.2) is 53.7 Å². The monoisotopic (exact) mass is 362 g/mol. The molecule has 3 N–H and O–H groups in total. The van der Waals surface area contributed by atoms with Gasteiger partial charge in [0, 0.05) is 24.5 Å². The molecule has 1 aromatic heterocycles. The number of hydrogen-bond acceptors (Lipinski definition) is 5. The van der Waals surface area contributed by atoms with Crippen molar-refractivity contribution in [3.8, 4) is 0 Å². The van der Waals surface area contributed by atoms with Crippen LogP contribution in [0.2, 0.25) is 0 Å². The van der Waals surface area contributed by atoms with Crippen molar-refractivity contribution in [1.29, 1.82) is 0 Å². The maximum absolute atomic E-state index is 12.3. The zero-order valence-electron chi connectivity index (χ0n) is 13.5. The fraction of sp³-hybridized carbons (Fsp3) is 0.188. The molecule has 8 nitrogen and oxygen atoms in total. The minimum atomic E-state index is -3.76. The van der Waals surface area contributed by atoms with E-state index in [1.807, 2.05) is 0 Å². The summed E-state index contributed by atoms with van der Waals surface area (Å²) in [6.45, 7) is 2.11. The van der Waals surface area contributed by atoms with E-state index < -0.39 is 15.9 Å². The Morgan fingerprint density at radius 2 is 1.64 bits per heavy atom. The van der Waals surface area contributed by atoms with Gasteiger partial charge < -0.3 is 10.6 Å². The van der Waals surface area contributed by atoms with E-state index in [1.54, 1.807) is 6.92 Å². The standard InChI is InChI=1S/C16H18N4O4S/c1-2-18-15(21)11-19-16(22)12-3-5-14(6-4-12)25(23,24)20-13-7-9-17-10-8-13/h3-10H,2,11H2,1H3,(H,17,20)(H,18,21)(H,19,22). The van der Waals surface area contributed by atoms with Crippen molar-refractivity contribution in [3.05, 3.63) is 54.4 Å². The van der Waals surface area contributed by atoms with Crippen molar-refractivity contribution in [3.63, 3.8) is 0 Å². The SMILES string of the molecule is CCNC(=O)CNC(=O)c1ccc(S(=O)(=O)Nc2ccncc2)cc1. The molecule has 0 radical (unpaired) electrons. The Balaban J connectivity index is 2.03. The lowest BCUT2D eigenvalue weighted by Gasteiger charge is -2.09. The van der Waals surface area contributed by atoms with E-state index in [1.165, 1.54) is 48.8 Å². The normalized spacial score (nSPS) is 10.8. The third kappa shape index (κ3) is 5.28. The fourth-order valence-electron chi connectivity index (χ4n) is 1.94. The van der Waals surface area contributed by atoms with Gasteiger partial charge in [-0.3, -0.25) is 19.3 Å². The first kappa shape index (κ1) is 18.4. The highest BCUT2D eigenvalue weighted by Gasteiger charge is 2.15. The van der Waals surface area contributed by atoms with Gasteiger partial charge in [-0.05, 0) is 43.3 Å². The van der Waals surface area contributed by atoms with Gasteiger partial charge in [0.25, 0.3) is 15.9 Å². The molecule has 0 atom stereocenters. The molecule has 0 saturated carbocycles. The summed E-state index contributed by atoms with van der Waals surface area (Å²) in [5.74, 6) is -0.756. The lowest BCUT2D eigenvalue weighted by atomic mass is 10.2. The van der Waals surface area contributed by atoms with Crippen LogP contribution in [0, 0.1) is 0 Å². The summed E-state index contributed by atoms with van der Waals surface area (Å²) in [5, 5.41) is 5.02. The van der Waals surface area contributed by atoms with Crippen molar-refractivity contribution >= 4 is 27.5 Å². The Morgan fingerprint density at radius 3 is 2.24 bits per heavy atom. The molecule has 1 heterocycles. The van der Waals surface area contributed by atoms with Gasteiger partial charge in [-0.25, -0.2) is 8.42 Å². The van der Waals surface area contributed by atoms with Gasteiger partial charge in [-0.2, -0.15) is 0 Å². The largest absolute Gasteiger partial charge is 0.355 e. The van der Waals surface area contributed by atoms with Gasteiger partial charge in [0.1, 0.15) is 0 Å². The number of carbonyl (C=O) groups excluding carboxylic acids is 2. The fourth-order valence-corrected chi connectivity index (χ4v) is 3.00. The Kier molecular flexibility index (Phi) is 6.07. The van der Waals surface area contributed by atoms with Crippen LogP contribution >= 0.6 is 0 Å². The number of aromatic nitrogens is 1. The minimum absolute atomic E-state index is 0.0181. The second-order valence-corrected chi connectivity index (χ2v) is 6.68. The average molecular weight is 362 g/mol. The minimum Gasteiger partial charge on any atom is -0.355 e. The lowest BCUT2D eigenvalue weighted by Crippen LogP contribution is -2.36. The highest BCUT2D eigenvalue weighted by atomic mass is 32.2. The maximum atomic E-state index is 12.3. The van der Waals surface area contributed by atoms with Gasteiger partial charge in [-0.1, -0.05) is 0 Å². The van der Waals surface area contributed by atoms with Crippen LogP contribution in [0.3, 0.4) is 0 Å². The molecule has 0 aliphatic heterocycles. The topological polar surface area (TPSA) is 117 Å². The summed E-state index contributed by atoms with van der Waals surface area (Å²) in [6.07, 6.45) is 2.94. The Bertz CT molecular complexity index is 836. The summed E-state index contributed by atoms with van der Waals surface area (Å²) in [6, 6.07) is 8.47. The van der Waals surface area contributed by atoms with E-state index in [0.717, 1.165) is 0 Å². The zero-order valence-corrected chi connectivity index (χ0v) is 14.3. The zero-order chi connectivity index (χ0) is 18.3. The summed E-state index contributed by atoms with van der Waals surface area (Å²) in [7, 11) is -3.76. The third-order valence-electron chi connectivity index (χ3n) is 3.14. The van der Waals surface area contributed by atoms with Crippen LogP contribution in [0.5, 0.6) is 0 Å². The second-order valence-electron chi connectivity index (χ2n) is 5.00. The number of pyridine rings is 1. The van der Waals surface area contributed by atoms with Crippen molar-refractivity contribution in [2.75, 3.05) is 17.8 Å². The van der Waals surface area contributed by atoms with E-state index >= 15 is 0 Å². The van der Waals surface area contributed by atoms with Crippen LogP contribution in [0.4, 0.5) is 5.69 Å². The van der Waals surface area contributed by atoms with Crippen molar-refractivity contribution in [1.82, 2.24) is 15.6 Å². The number of nitrogens with zero attached hydrogens (tertiary/aromatic N) is 1. The number of sulfonamides is 1. The van der Waals surface area contributed by atoms with Crippen molar-refractivity contribution < 1.29 is 18.0 Å². The molecule has 2 rings (SSSR count). The molecule has 2 aromatic rings. The van der Waals surface area contributed by atoms with Crippen molar-refractivity contribution in [2.45, 2.75) is 11.8 Å². The molecule has 1 aromatic carbocycles. The number of nitrogens with one attached hydrogen (secondary N) is 3. The Labute approximate surface area is 145 Å². The maximum Gasteiger partial charge on any atom is 0.261 e. The molecular formula is C16H18N4O4S. The van der Waals surface area contributed by atoms with Crippen LogP contribution in [0.25, 0.3) is 0 Å². The summed E-state index contributed by atoms with van der Waals surface area (Å²) in [4.78, 5) is 27.1. The first-order valence-corrected chi connectivity index (χ1v) is 8.98. The molecule has 0 fully saturated rings. The molecular weight excluding hydrogens is 344 g/mol. The number of benzene rings is 1. The lowest BCUT2D eigenvalue weighted by molar-refractivity contribution is -0.120. The van der Waals surface area contributed by atoms with Crippen LogP contribution in [0.1, 0.15) is 17.3 Å². The van der Waals surface area contributed by atoms with Gasteiger partial charge in [0.2, 0.25) is 5.91 Å². The second kappa shape index (κ2) is 8.25.